The molecule has 0 spiro atoms. The first-order valence-corrected chi connectivity index (χ1v) is 3.68. The van der Waals surface area contributed by atoms with Crippen LogP contribution in [0.4, 0.5) is 0 Å². The molecule has 3 nitrogen and oxygen atoms in total. The second-order valence-electron chi connectivity index (χ2n) is 2.88. The van der Waals surface area contributed by atoms with Gasteiger partial charge in [-0.1, -0.05) is 13.0 Å². The smallest absolute Gasteiger partial charge is 0.327 e. The fourth-order valence-electron chi connectivity index (χ4n) is 1.03. The summed E-state index contributed by atoms with van der Waals surface area (Å²) in [4.78, 5) is 10.2. The van der Waals surface area contributed by atoms with E-state index < -0.39 is 5.97 Å². The summed E-state index contributed by atoms with van der Waals surface area (Å²) in [5.41, 5.74) is 0.0123. The molecule has 11 heavy (non-hydrogen) atoms. The molecule has 0 aliphatic carbocycles. The molecule has 0 amide bonds. The van der Waals surface area contributed by atoms with E-state index in [0.717, 1.165) is 6.42 Å². The molecule has 62 valence electrons. The third kappa shape index (κ3) is 1.80. The summed E-state index contributed by atoms with van der Waals surface area (Å²) < 4.78 is 5.02. The average Bonchev–Trinajstić information content (AvgIpc) is 1.86. The van der Waals surface area contributed by atoms with E-state index in [1.165, 1.54) is 6.08 Å². The predicted octanol–water partition coefficient (Wildman–Crippen LogP) is 1.05. The number of ether oxygens (including phenoxy) is 1. The Balaban J connectivity index is 2.50. The maximum absolute atomic E-state index is 10.2. The Morgan fingerprint density at radius 2 is 2.36 bits per heavy atom. The maximum atomic E-state index is 10.2. The molecule has 1 heterocycles. The molecule has 1 fully saturated rings. The summed E-state index contributed by atoms with van der Waals surface area (Å²) in [6.45, 7) is 3.36. The van der Waals surface area contributed by atoms with Gasteiger partial charge in [-0.05, 0) is 6.42 Å². The second kappa shape index (κ2) is 3.05. The molecule has 0 aromatic carbocycles. The molecule has 1 N–H and O–H groups in total. The number of hydrogen-bond donors (Lipinski definition) is 1. The number of hydrogen-bond acceptors (Lipinski definition) is 2. The van der Waals surface area contributed by atoms with Crippen molar-refractivity contribution in [2.75, 3.05) is 13.2 Å². The van der Waals surface area contributed by atoms with Crippen LogP contribution in [0.1, 0.15) is 13.3 Å². The van der Waals surface area contributed by atoms with Gasteiger partial charge in [-0.3, -0.25) is 0 Å². The zero-order valence-corrected chi connectivity index (χ0v) is 6.54. The normalized spacial score (nSPS) is 21.5. The van der Waals surface area contributed by atoms with E-state index in [-0.39, 0.29) is 5.41 Å². The first-order chi connectivity index (χ1) is 5.18. The molecule has 3 heteroatoms. The van der Waals surface area contributed by atoms with Crippen LogP contribution >= 0.6 is 0 Å². The summed E-state index contributed by atoms with van der Waals surface area (Å²) in [5, 5.41) is 8.36. The largest absolute Gasteiger partial charge is 0.478 e. The number of carbonyl (C=O) groups is 1. The zero-order valence-electron chi connectivity index (χ0n) is 6.54. The van der Waals surface area contributed by atoms with E-state index in [1.807, 2.05) is 6.92 Å². The van der Waals surface area contributed by atoms with Crippen LogP contribution in [-0.2, 0) is 9.53 Å². The van der Waals surface area contributed by atoms with Gasteiger partial charge in [0.05, 0.1) is 13.2 Å². The van der Waals surface area contributed by atoms with Crippen LogP contribution in [0, 0.1) is 5.41 Å². The molecule has 0 radical (unpaired) electrons. The quantitative estimate of drug-likeness (QED) is 0.621. The molecule has 0 bridgehead atoms. The average molecular weight is 156 g/mol. The van der Waals surface area contributed by atoms with E-state index in [9.17, 15) is 4.79 Å². The predicted molar refractivity (Wildman–Crippen MR) is 40.3 cm³/mol. The lowest BCUT2D eigenvalue weighted by Gasteiger charge is -2.37. The lowest BCUT2D eigenvalue weighted by Crippen LogP contribution is -2.40. The Hall–Kier alpha value is -0.830. The van der Waals surface area contributed by atoms with Gasteiger partial charge in [0.1, 0.15) is 0 Å². The van der Waals surface area contributed by atoms with Crippen LogP contribution in [-0.4, -0.2) is 24.3 Å². The Labute approximate surface area is 65.7 Å². The van der Waals surface area contributed by atoms with Crippen LogP contribution in [0.25, 0.3) is 0 Å². The highest BCUT2D eigenvalue weighted by molar-refractivity contribution is 5.79. The van der Waals surface area contributed by atoms with Gasteiger partial charge < -0.3 is 9.84 Å². The van der Waals surface area contributed by atoms with Crippen LogP contribution < -0.4 is 0 Å². The van der Waals surface area contributed by atoms with Crippen molar-refractivity contribution in [1.29, 1.82) is 0 Å². The molecule has 0 unspecified atom stereocenters. The van der Waals surface area contributed by atoms with E-state index in [2.05, 4.69) is 0 Å². The van der Waals surface area contributed by atoms with Gasteiger partial charge in [-0.2, -0.15) is 0 Å². The highest BCUT2D eigenvalue weighted by atomic mass is 16.5. The van der Waals surface area contributed by atoms with Crippen molar-refractivity contribution >= 4 is 5.97 Å². The van der Waals surface area contributed by atoms with Gasteiger partial charge in [0.25, 0.3) is 0 Å². The molecule has 0 aromatic heterocycles. The summed E-state index contributed by atoms with van der Waals surface area (Å²) in [6, 6.07) is 0. The topological polar surface area (TPSA) is 46.5 Å². The molecule has 1 aliphatic rings. The van der Waals surface area contributed by atoms with Crippen molar-refractivity contribution in [3.05, 3.63) is 12.2 Å². The van der Waals surface area contributed by atoms with Gasteiger partial charge in [-0.25, -0.2) is 4.79 Å². The minimum atomic E-state index is -0.885. The minimum Gasteiger partial charge on any atom is -0.478 e. The fourth-order valence-corrected chi connectivity index (χ4v) is 1.03. The summed E-state index contributed by atoms with van der Waals surface area (Å²) in [5.74, 6) is -0.885. The first kappa shape index (κ1) is 8.27. The third-order valence-corrected chi connectivity index (χ3v) is 2.06. The highest BCUT2D eigenvalue weighted by Gasteiger charge is 2.33. The fraction of sp³-hybridized carbons (Fsp3) is 0.625. The number of carboxylic acid groups (broad SMARTS) is 1. The first-order valence-electron chi connectivity index (χ1n) is 3.68. The van der Waals surface area contributed by atoms with Crippen molar-refractivity contribution in [3.63, 3.8) is 0 Å². The van der Waals surface area contributed by atoms with Gasteiger partial charge in [0.15, 0.2) is 0 Å². The van der Waals surface area contributed by atoms with Crippen molar-refractivity contribution in [2.24, 2.45) is 5.41 Å². The molecule has 1 saturated heterocycles. The van der Waals surface area contributed by atoms with E-state index in [0.29, 0.717) is 13.2 Å². The Bertz CT molecular complexity index is 174. The van der Waals surface area contributed by atoms with Crippen molar-refractivity contribution < 1.29 is 14.6 Å². The van der Waals surface area contributed by atoms with Gasteiger partial charge in [0.2, 0.25) is 0 Å². The van der Waals surface area contributed by atoms with Crippen LogP contribution in [0.3, 0.4) is 0 Å². The van der Waals surface area contributed by atoms with E-state index in [4.69, 9.17) is 9.84 Å². The molecule has 0 aromatic rings. The summed E-state index contributed by atoms with van der Waals surface area (Å²) >= 11 is 0. The van der Waals surface area contributed by atoms with Crippen molar-refractivity contribution in [3.8, 4) is 0 Å². The SMILES string of the molecule is CCC1(C=CC(=O)O)COC1. The molecular formula is C8H12O3. The van der Waals surface area contributed by atoms with Crippen LogP contribution in [0.5, 0.6) is 0 Å². The monoisotopic (exact) mass is 156 g/mol. The summed E-state index contributed by atoms with van der Waals surface area (Å²) in [7, 11) is 0. The highest BCUT2D eigenvalue weighted by Crippen LogP contribution is 2.32. The third-order valence-electron chi connectivity index (χ3n) is 2.06. The standard InChI is InChI=1S/C8H12O3/c1-2-8(5-11-6-8)4-3-7(9)10/h3-4H,2,5-6H2,1H3,(H,9,10). The van der Waals surface area contributed by atoms with Crippen molar-refractivity contribution in [1.82, 2.24) is 0 Å². The minimum absolute atomic E-state index is 0.0123. The zero-order chi connectivity index (χ0) is 8.32. The molecule has 0 saturated carbocycles. The lowest BCUT2D eigenvalue weighted by atomic mass is 9.83. The van der Waals surface area contributed by atoms with E-state index in [1.54, 1.807) is 6.08 Å². The Morgan fingerprint density at radius 1 is 1.73 bits per heavy atom. The van der Waals surface area contributed by atoms with Gasteiger partial charge >= 0.3 is 5.97 Å². The number of aliphatic carboxylic acids is 1. The van der Waals surface area contributed by atoms with Crippen LogP contribution in [0.2, 0.25) is 0 Å². The number of carboxylic acids is 1. The lowest BCUT2D eigenvalue weighted by molar-refractivity contribution is -0.131. The Kier molecular flexibility index (Phi) is 2.29. The molecular weight excluding hydrogens is 144 g/mol. The van der Waals surface area contributed by atoms with Gasteiger partial charge in [0, 0.05) is 11.5 Å². The molecule has 1 rings (SSSR count). The molecule has 0 atom stereocenters. The van der Waals surface area contributed by atoms with Crippen LogP contribution in [0.15, 0.2) is 12.2 Å². The number of rotatable bonds is 3. The van der Waals surface area contributed by atoms with E-state index >= 15 is 0 Å². The van der Waals surface area contributed by atoms with Crippen molar-refractivity contribution in [2.45, 2.75) is 13.3 Å². The Morgan fingerprint density at radius 3 is 2.64 bits per heavy atom. The second-order valence-corrected chi connectivity index (χ2v) is 2.88. The molecule has 1 aliphatic heterocycles. The van der Waals surface area contributed by atoms with Gasteiger partial charge in [-0.15, -0.1) is 0 Å². The maximum Gasteiger partial charge on any atom is 0.327 e. The summed E-state index contributed by atoms with van der Waals surface area (Å²) in [6.07, 6.45) is 3.88.